The number of hydrogen-bond acceptors (Lipinski definition) is 4. The molecule has 0 aromatic carbocycles. The molecule has 16 heavy (non-hydrogen) atoms. The van der Waals surface area contributed by atoms with E-state index in [2.05, 4.69) is 11.8 Å². The Labute approximate surface area is 102 Å². The zero-order valence-electron chi connectivity index (χ0n) is 10.4. The fourth-order valence-corrected chi connectivity index (χ4v) is 4.88. The van der Waals surface area contributed by atoms with E-state index in [9.17, 15) is 5.11 Å². The monoisotopic (exact) mass is 246 g/mol. The first-order valence-electron chi connectivity index (χ1n) is 5.97. The van der Waals surface area contributed by atoms with Gasteiger partial charge in [0, 0.05) is 31.1 Å². The fraction of sp³-hybridized carbons (Fsp3) is 1.00. The quantitative estimate of drug-likeness (QED) is 0.772. The van der Waals surface area contributed by atoms with Gasteiger partial charge in [-0.3, -0.25) is 0 Å². The molecule has 1 N–H and O–H groups in total. The molecule has 4 heteroatoms. The van der Waals surface area contributed by atoms with Crippen molar-refractivity contribution in [2.45, 2.75) is 60.9 Å². The van der Waals surface area contributed by atoms with Crippen molar-refractivity contribution in [1.82, 2.24) is 0 Å². The van der Waals surface area contributed by atoms with E-state index in [0.29, 0.717) is 16.9 Å². The standard InChI is InChI=1S/C12H22O3S/c1-11(14-2,15-3)8-12(13)6-9-4-5-10(7-12)16-9/h9-10,13H,4-8H2,1-3H3. The third-order valence-electron chi connectivity index (χ3n) is 3.92. The Morgan fingerprint density at radius 1 is 1.25 bits per heavy atom. The summed E-state index contributed by atoms with van der Waals surface area (Å²) in [5.74, 6) is -0.657. The van der Waals surface area contributed by atoms with E-state index in [1.807, 2.05) is 6.92 Å². The highest BCUT2D eigenvalue weighted by molar-refractivity contribution is 8.00. The Morgan fingerprint density at radius 2 is 1.75 bits per heavy atom. The maximum atomic E-state index is 10.7. The number of ether oxygens (including phenoxy) is 2. The first kappa shape index (κ1) is 12.7. The Kier molecular flexibility index (Phi) is 3.55. The predicted octanol–water partition coefficient (Wildman–Crippen LogP) is 2.17. The van der Waals surface area contributed by atoms with Gasteiger partial charge in [-0.2, -0.15) is 11.8 Å². The molecule has 2 rings (SSSR count). The van der Waals surface area contributed by atoms with E-state index >= 15 is 0 Å². The molecule has 0 saturated carbocycles. The van der Waals surface area contributed by atoms with Gasteiger partial charge in [-0.15, -0.1) is 0 Å². The molecular formula is C12H22O3S. The number of fused-ring (bicyclic) bond motifs is 2. The summed E-state index contributed by atoms with van der Waals surface area (Å²) >= 11 is 2.05. The average Bonchev–Trinajstić information content (AvgIpc) is 2.58. The van der Waals surface area contributed by atoms with Crippen LogP contribution in [0, 0.1) is 0 Å². The van der Waals surface area contributed by atoms with Crippen molar-refractivity contribution in [2.75, 3.05) is 14.2 Å². The molecule has 2 fully saturated rings. The normalized spacial score (nSPS) is 39.0. The lowest BCUT2D eigenvalue weighted by atomic mass is 9.86. The Morgan fingerprint density at radius 3 is 2.19 bits per heavy atom. The second-order valence-electron chi connectivity index (χ2n) is 5.31. The first-order chi connectivity index (χ1) is 7.49. The Balaban J connectivity index is 2.02. The molecule has 2 saturated heterocycles. The van der Waals surface area contributed by atoms with E-state index in [1.165, 1.54) is 12.8 Å². The second-order valence-corrected chi connectivity index (χ2v) is 6.91. The van der Waals surface area contributed by atoms with Crippen LogP contribution in [0.1, 0.15) is 39.0 Å². The first-order valence-corrected chi connectivity index (χ1v) is 6.91. The molecule has 2 aliphatic heterocycles. The summed E-state index contributed by atoms with van der Waals surface area (Å²) < 4.78 is 10.7. The highest BCUT2D eigenvalue weighted by Gasteiger charge is 2.46. The maximum Gasteiger partial charge on any atom is 0.167 e. The summed E-state index contributed by atoms with van der Waals surface area (Å²) in [6, 6.07) is 0. The molecule has 2 heterocycles. The smallest absolute Gasteiger partial charge is 0.167 e. The van der Waals surface area contributed by atoms with Crippen LogP contribution in [0.15, 0.2) is 0 Å². The van der Waals surface area contributed by atoms with Crippen molar-refractivity contribution in [3.63, 3.8) is 0 Å². The van der Waals surface area contributed by atoms with Gasteiger partial charge in [0.15, 0.2) is 5.79 Å². The molecule has 94 valence electrons. The maximum absolute atomic E-state index is 10.7. The molecule has 2 bridgehead atoms. The van der Waals surface area contributed by atoms with Crippen molar-refractivity contribution >= 4 is 11.8 Å². The van der Waals surface area contributed by atoms with Gasteiger partial charge in [0.1, 0.15) is 0 Å². The molecule has 2 atom stereocenters. The summed E-state index contributed by atoms with van der Waals surface area (Å²) in [5, 5.41) is 12.0. The third-order valence-corrected chi connectivity index (χ3v) is 5.50. The van der Waals surface area contributed by atoms with Gasteiger partial charge >= 0.3 is 0 Å². The molecule has 0 radical (unpaired) electrons. The van der Waals surface area contributed by atoms with Crippen molar-refractivity contribution < 1.29 is 14.6 Å². The van der Waals surface area contributed by atoms with Crippen LogP contribution < -0.4 is 0 Å². The third kappa shape index (κ3) is 2.55. The van der Waals surface area contributed by atoms with E-state index in [1.54, 1.807) is 14.2 Å². The molecule has 0 aromatic rings. The number of methoxy groups -OCH3 is 2. The SMILES string of the molecule is COC(C)(CC1(O)CC2CCC(C1)S2)OC. The number of thioether (sulfide) groups is 1. The molecule has 0 aromatic heterocycles. The largest absolute Gasteiger partial charge is 0.390 e. The predicted molar refractivity (Wildman–Crippen MR) is 65.6 cm³/mol. The minimum atomic E-state index is -0.657. The van der Waals surface area contributed by atoms with Crippen LogP contribution in [-0.2, 0) is 9.47 Å². The summed E-state index contributed by atoms with van der Waals surface area (Å²) in [6.07, 6.45) is 4.86. The van der Waals surface area contributed by atoms with Gasteiger partial charge in [0.2, 0.25) is 0 Å². The topological polar surface area (TPSA) is 38.7 Å². The summed E-state index contributed by atoms with van der Waals surface area (Å²) in [6.45, 7) is 1.90. The lowest BCUT2D eigenvalue weighted by Gasteiger charge is -2.41. The second kappa shape index (κ2) is 4.48. The highest BCUT2D eigenvalue weighted by Crippen LogP contribution is 2.49. The molecule has 0 aliphatic carbocycles. The molecule has 0 spiro atoms. The van der Waals surface area contributed by atoms with Crippen LogP contribution in [0.25, 0.3) is 0 Å². The zero-order chi connectivity index (χ0) is 11.8. The van der Waals surface area contributed by atoms with Crippen molar-refractivity contribution in [1.29, 1.82) is 0 Å². The summed E-state index contributed by atoms with van der Waals surface area (Å²) in [5.41, 5.74) is -0.599. The Bertz CT molecular complexity index is 241. The van der Waals surface area contributed by atoms with Gasteiger partial charge in [-0.1, -0.05) is 0 Å². The van der Waals surface area contributed by atoms with Crippen molar-refractivity contribution in [2.24, 2.45) is 0 Å². The summed E-state index contributed by atoms with van der Waals surface area (Å²) in [4.78, 5) is 0. The minimum Gasteiger partial charge on any atom is -0.390 e. The van der Waals surface area contributed by atoms with Gasteiger partial charge in [-0.25, -0.2) is 0 Å². The van der Waals surface area contributed by atoms with Gasteiger partial charge in [0.05, 0.1) is 5.60 Å². The Hall–Kier alpha value is 0.230. The van der Waals surface area contributed by atoms with Crippen LogP contribution in [0.4, 0.5) is 0 Å². The van der Waals surface area contributed by atoms with Crippen LogP contribution in [0.5, 0.6) is 0 Å². The van der Waals surface area contributed by atoms with E-state index < -0.39 is 11.4 Å². The number of aliphatic hydroxyl groups is 1. The molecule has 2 unspecified atom stereocenters. The molecule has 3 nitrogen and oxygen atoms in total. The van der Waals surface area contributed by atoms with E-state index in [-0.39, 0.29) is 0 Å². The highest BCUT2D eigenvalue weighted by atomic mass is 32.2. The lowest BCUT2D eigenvalue weighted by Crippen LogP contribution is -2.46. The average molecular weight is 246 g/mol. The van der Waals surface area contributed by atoms with Crippen molar-refractivity contribution in [3.05, 3.63) is 0 Å². The van der Waals surface area contributed by atoms with Crippen LogP contribution in [0.2, 0.25) is 0 Å². The van der Waals surface area contributed by atoms with Gasteiger partial charge in [-0.05, 0) is 32.6 Å². The van der Waals surface area contributed by atoms with E-state index in [4.69, 9.17) is 9.47 Å². The van der Waals surface area contributed by atoms with Crippen molar-refractivity contribution in [3.8, 4) is 0 Å². The van der Waals surface area contributed by atoms with Gasteiger partial charge < -0.3 is 14.6 Å². The van der Waals surface area contributed by atoms with Gasteiger partial charge in [0.25, 0.3) is 0 Å². The number of hydrogen-bond donors (Lipinski definition) is 1. The van der Waals surface area contributed by atoms with E-state index in [0.717, 1.165) is 12.8 Å². The van der Waals surface area contributed by atoms with Crippen LogP contribution in [-0.4, -0.2) is 41.2 Å². The molecular weight excluding hydrogens is 224 g/mol. The lowest BCUT2D eigenvalue weighted by molar-refractivity contribution is -0.224. The molecule has 0 amide bonds. The van der Waals surface area contributed by atoms with Crippen LogP contribution in [0.3, 0.4) is 0 Å². The number of rotatable bonds is 4. The fourth-order valence-electron chi connectivity index (χ4n) is 2.98. The molecule has 2 aliphatic rings. The summed E-state index contributed by atoms with van der Waals surface area (Å²) in [7, 11) is 3.28. The zero-order valence-corrected chi connectivity index (χ0v) is 11.2. The van der Waals surface area contributed by atoms with Crippen LogP contribution >= 0.6 is 11.8 Å². The minimum absolute atomic E-state index is 0.570.